The van der Waals surface area contributed by atoms with Crippen molar-refractivity contribution in [3.63, 3.8) is 0 Å². The second-order valence-electron chi connectivity index (χ2n) is 9.46. The van der Waals surface area contributed by atoms with Gasteiger partial charge in [-0.1, -0.05) is 6.92 Å². The van der Waals surface area contributed by atoms with Gasteiger partial charge in [-0.25, -0.2) is 0 Å². The first kappa shape index (κ1) is 24.9. The molecule has 0 unspecified atom stereocenters. The van der Waals surface area contributed by atoms with E-state index in [4.69, 9.17) is 18.9 Å². The first-order valence-electron chi connectivity index (χ1n) is 12.6. The van der Waals surface area contributed by atoms with Crippen LogP contribution in [0.1, 0.15) is 53.3 Å². The van der Waals surface area contributed by atoms with E-state index in [0.717, 1.165) is 6.42 Å². The van der Waals surface area contributed by atoms with Crippen molar-refractivity contribution in [2.24, 2.45) is 0 Å². The Balaban J connectivity index is 1.28. The van der Waals surface area contributed by atoms with Crippen LogP contribution < -0.4 is 24.8 Å². The zero-order chi connectivity index (χ0) is 25.9. The van der Waals surface area contributed by atoms with E-state index in [1.165, 1.54) is 0 Å². The molecule has 196 valence electrons. The molecule has 0 spiro atoms. The summed E-state index contributed by atoms with van der Waals surface area (Å²) in [5.41, 5.74) is 1.25. The third-order valence-corrected chi connectivity index (χ3v) is 6.89. The number of amides is 3. The average Bonchev–Trinajstić information content (AvgIpc) is 3.38. The van der Waals surface area contributed by atoms with Crippen LogP contribution in [0.25, 0.3) is 0 Å². The number of benzene rings is 2. The number of likely N-dealkylation sites (N-methyl/N-ethyl adjacent to an activating group) is 1. The Morgan fingerprint density at radius 1 is 1.03 bits per heavy atom. The van der Waals surface area contributed by atoms with Crippen molar-refractivity contribution in [2.45, 2.75) is 50.9 Å². The van der Waals surface area contributed by atoms with Gasteiger partial charge in [-0.2, -0.15) is 0 Å². The van der Waals surface area contributed by atoms with Crippen molar-refractivity contribution in [1.82, 2.24) is 10.2 Å². The molecule has 3 aliphatic rings. The minimum atomic E-state index is -0.342. The van der Waals surface area contributed by atoms with Gasteiger partial charge in [0.15, 0.2) is 11.5 Å². The highest BCUT2D eigenvalue weighted by Gasteiger charge is 2.39. The van der Waals surface area contributed by atoms with Gasteiger partial charge in [0.1, 0.15) is 18.5 Å². The van der Waals surface area contributed by atoms with Crippen LogP contribution in [0, 0.1) is 0 Å². The van der Waals surface area contributed by atoms with Crippen molar-refractivity contribution in [3.05, 3.63) is 47.5 Å². The van der Waals surface area contributed by atoms with Crippen molar-refractivity contribution < 1.29 is 33.3 Å². The summed E-state index contributed by atoms with van der Waals surface area (Å²) in [5, 5.41) is 5.73. The quantitative estimate of drug-likeness (QED) is 0.615. The molecule has 2 aromatic carbocycles. The highest BCUT2D eigenvalue weighted by atomic mass is 16.7. The van der Waals surface area contributed by atoms with E-state index in [1.807, 2.05) is 6.92 Å². The van der Waals surface area contributed by atoms with E-state index >= 15 is 0 Å². The average molecular weight is 510 g/mol. The number of anilines is 1. The SMILES string of the molecule is CCCNC(=O)C[C@@H]1CC[C@@H]2[C@@H](COc3ccc(NC(=O)c4ccc5c(c4)OCO5)cc3C(=O)N2C)O1. The van der Waals surface area contributed by atoms with Crippen LogP contribution in [0.15, 0.2) is 36.4 Å². The minimum absolute atomic E-state index is 0.0258. The van der Waals surface area contributed by atoms with Crippen LogP contribution in [0.3, 0.4) is 0 Å². The molecule has 3 aliphatic heterocycles. The molecule has 0 radical (unpaired) electrons. The number of rotatable bonds is 6. The lowest BCUT2D eigenvalue weighted by Gasteiger charge is -2.42. The van der Waals surface area contributed by atoms with E-state index in [9.17, 15) is 14.4 Å². The summed E-state index contributed by atoms with van der Waals surface area (Å²) < 4.78 is 22.9. The Morgan fingerprint density at radius 2 is 1.84 bits per heavy atom. The lowest BCUT2D eigenvalue weighted by molar-refractivity contribution is -0.134. The first-order chi connectivity index (χ1) is 17.9. The topological polar surface area (TPSA) is 115 Å². The van der Waals surface area contributed by atoms with Crippen LogP contribution in [-0.4, -0.2) is 67.9 Å². The van der Waals surface area contributed by atoms with Crippen molar-refractivity contribution in [3.8, 4) is 17.2 Å². The molecule has 1 saturated heterocycles. The predicted molar refractivity (Wildman–Crippen MR) is 134 cm³/mol. The Bertz CT molecular complexity index is 1200. The lowest BCUT2D eigenvalue weighted by atomic mass is 9.94. The van der Waals surface area contributed by atoms with Crippen molar-refractivity contribution >= 4 is 23.4 Å². The molecule has 0 saturated carbocycles. The second-order valence-corrected chi connectivity index (χ2v) is 9.46. The monoisotopic (exact) mass is 509 g/mol. The maximum absolute atomic E-state index is 13.4. The number of nitrogens with zero attached hydrogens (tertiary/aromatic N) is 1. The molecule has 37 heavy (non-hydrogen) atoms. The van der Waals surface area contributed by atoms with Gasteiger partial charge in [-0.15, -0.1) is 0 Å². The van der Waals surface area contributed by atoms with Crippen LogP contribution in [0.4, 0.5) is 5.69 Å². The third-order valence-electron chi connectivity index (χ3n) is 6.89. The van der Waals surface area contributed by atoms with E-state index in [2.05, 4.69) is 10.6 Å². The molecule has 0 aromatic heterocycles. The summed E-state index contributed by atoms with van der Waals surface area (Å²) in [6.07, 6.45) is 2.01. The molecule has 3 atom stereocenters. The highest BCUT2D eigenvalue weighted by molar-refractivity contribution is 6.06. The van der Waals surface area contributed by atoms with Gasteiger partial charge in [-0.05, 0) is 55.7 Å². The normalized spacial score (nSPS) is 22.2. The number of fused-ring (bicyclic) bond motifs is 3. The Labute approximate surface area is 215 Å². The van der Waals surface area contributed by atoms with E-state index < -0.39 is 0 Å². The number of nitrogens with one attached hydrogen (secondary N) is 2. The highest BCUT2D eigenvalue weighted by Crippen LogP contribution is 2.34. The Kier molecular flexibility index (Phi) is 7.18. The van der Waals surface area contributed by atoms with Gasteiger partial charge in [0.05, 0.1) is 24.1 Å². The Hall–Kier alpha value is -3.79. The third kappa shape index (κ3) is 5.34. The summed E-state index contributed by atoms with van der Waals surface area (Å²) in [6, 6.07) is 9.79. The number of hydrogen-bond donors (Lipinski definition) is 2. The summed E-state index contributed by atoms with van der Waals surface area (Å²) in [5.74, 6) is 0.959. The zero-order valence-corrected chi connectivity index (χ0v) is 21.0. The number of hydrogen-bond acceptors (Lipinski definition) is 7. The number of ether oxygens (including phenoxy) is 4. The maximum Gasteiger partial charge on any atom is 0.257 e. The molecule has 3 amide bonds. The van der Waals surface area contributed by atoms with Gasteiger partial charge < -0.3 is 34.5 Å². The standard InChI is InChI=1S/C27H31N3O7/c1-3-10-28-25(31)13-18-6-7-20-24(37-18)14-34-21-9-5-17(12-19(21)27(33)30(20)2)29-26(32)16-4-8-22-23(11-16)36-15-35-22/h4-5,8-9,11-12,18,20,24H,3,6-7,10,13-15H2,1-2H3,(H,28,31)(H,29,32)/t18-,20+,24+/m0/s1. The molecule has 2 N–H and O–H groups in total. The molecule has 2 aromatic rings. The molecule has 3 heterocycles. The minimum Gasteiger partial charge on any atom is -0.490 e. The Morgan fingerprint density at radius 3 is 2.68 bits per heavy atom. The first-order valence-corrected chi connectivity index (χ1v) is 12.6. The summed E-state index contributed by atoms with van der Waals surface area (Å²) in [6.45, 7) is 3.04. The molecule has 1 fully saturated rings. The molecule has 10 heteroatoms. The van der Waals surface area contributed by atoms with Crippen LogP contribution >= 0.6 is 0 Å². The van der Waals surface area contributed by atoms with E-state index in [-0.39, 0.29) is 49.4 Å². The van der Waals surface area contributed by atoms with Crippen molar-refractivity contribution in [1.29, 1.82) is 0 Å². The van der Waals surface area contributed by atoms with Gasteiger partial charge in [0, 0.05) is 24.8 Å². The fraction of sp³-hybridized carbons (Fsp3) is 0.444. The number of carbonyl (C=O) groups excluding carboxylic acids is 3. The summed E-state index contributed by atoms with van der Waals surface area (Å²) >= 11 is 0. The predicted octanol–water partition coefficient (Wildman–Crippen LogP) is 2.96. The number of carbonyl (C=O) groups is 3. The van der Waals surface area contributed by atoms with Crippen LogP contribution in [-0.2, 0) is 9.53 Å². The second kappa shape index (κ2) is 10.7. The maximum atomic E-state index is 13.4. The molecule has 10 nitrogen and oxygen atoms in total. The van der Waals surface area contributed by atoms with Crippen molar-refractivity contribution in [2.75, 3.05) is 32.3 Å². The molecule has 0 bridgehead atoms. The zero-order valence-electron chi connectivity index (χ0n) is 21.0. The summed E-state index contributed by atoms with van der Waals surface area (Å²) in [7, 11) is 1.75. The van der Waals surface area contributed by atoms with Gasteiger partial charge >= 0.3 is 0 Å². The van der Waals surface area contributed by atoms with E-state index in [1.54, 1.807) is 48.3 Å². The smallest absolute Gasteiger partial charge is 0.257 e. The van der Waals surface area contributed by atoms with Gasteiger partial charge in [0.2, 0.25) is 12.7 Å². The fourth-order valence-electron chi connectivity index (χ4n) is 4.89. The largest absolute Gasteiger partial charge is 0.490 e. The van der Waals surface area contributed by atoms with Gasteiger partial charge in [0.25, 0.3) is 11.8 Å². The molecular formula is C27H31N3O7. The van der Waals surface area contributed by atoms with E-state index in [0.29, 0.717) is 59.9 Å². The molecule has 5 rings (SSSR count). The molecule has 0 aliphatic carbocycles. The molecular weight excluding hydrogens is 478 g/mol. The van der Waals surface area contributed by atoms with Crippen LogP contribution in [0.5, 0.6) is 17.2 Å². The summed E-state index contributed by atoms with van der Waals surface area (Å²) in [4.78, 5) is 40.1. The lowest BCUT2D eigenvalue weighted by Crippen LogP contribution is -2.54. The van der Waals surface area contributed by atoms with Crippen LogP contribution in [0.2, 0.25) is 0 Å². The van der Waals surface area contributed by atoms with Gasteiger partial charge in [-0.3, -0.25) is 14.4 Å². The fourth-order valence-corrected chi connectivity index (χ4v) is 4.89.